The second-order valence-corrected chi connectivity index (χ2v) is 12.6. The molecule has 0 aromatic heterocycles. The predicted molar refractivity (Wildman–Crippen MR) is 177 cm³/mol. The van der Waals surface area contributed by atoms with Gasteiger partial charge in [0.15, 0.2) is 11.5 Å². The number of carbonyl (C=O) groups is 1. The van der Waals surface area contributed by atoms with E-state index in [4.69, 9.17) is 15.5 Å². The maximum Gasteiger partial charge on any atom is 0.247 e. The molecule has 0 spiro atoms. The summed E-state index contributed by atoms with van der Waals surface area (Å²) in [6.07, 6.45) is 9.56. The number of benzene rings is 2. The Labute approximate surface area is 270 Å². The van der Waals surface area contributed by atoms with Gasteiger partial charge in [0.2, 0.25) is 6.23 Å². The Morgan fingerprint density at radius 3 is 2.89 bits per heavy atom. The maximum atomic E-state index is 12.5. The van der Waals surface area contributed by atoms with Gasteiger partial charge in [-0.2, -0.15) is 0 Å². The van der Waals surface area contributed by atoms with Crippen molar-refractivity contribution < 1.29 is 29.8 Å². The first-order valence-electron chi connectivity index (χ1n) is 16.4. The molecule has 0 amide bonds. The maximum absolute atomic E-state index is 12.5. The highest BCUT2D eigenvalue weighted by molar-refractivity contribution is 5.87. The monoisotopic (exact) mass is 623 g/mol. The Balaban J connectivity index is 1.21. The van der Waals surface area contributed by atoms with Gasteiger partial charge in [-0.3, -0.25) is 19.7 Å². The zero-order valence-electron chi connectivity index (χ0n) is 26.3. The van der Waals surface area contributed by atoms with Crippen LogP contribution in [0.15, 0.2) is 63.4 Å². The summed E-state index contributed by atoms with van der Waals surface area (Å²) in [5.74, 6) is 6.55. The Morgan fingerprint density at radius 2 is 2.04 bits per heavy atom. The van der Waals surface area contributed by atoms with Gasteiger partial charge in [0.1, 0.15) is 42.9 Å². The molecule has 9 heteroatoms. The first-order chi connectivity index (χ1) is 22.3. The molecule has 0 radical (unpaired) electrons. The molecule has 0 saturated carbocycles. The smallest absolute Gasteiger partial charge is 0.247 e. The van der Waals surface area contributed by atoms with Crippen molar-refractivity contribution in [2.24, 2.45) is 15.7 Å². The zero-order chi connectivity index (χ0) is 32.2. The lowest BCUT2D eigenvalue weighted by Crippen LogP contribution is -3.11. The first-order valence-corrected chi connectivity index (χ1v) is 16.4. The van der Waals surface area contributed by atoms with Crippen molar-refractivity contribution in [3.8, 4) is 23.3 Å². The van der Waals surface area contributed by atoms with Crippen LogP contribution in [0, 0.1) is 11.8 Å². The largest absolute Gasteiger partial charge is 0.504 e. The molecule has 6 N–H and O–H groups in total. The van der Waals surface area contributed by atoms with Gasteiger partial charge in [0, 0.05) is 43.7 Å². The molecule has 5 unspecified atom stereocenters. The van der Waals surface area contributed by atoms with E-state index in [1.807, 2.05) is 24.6 Å². The van der Waals surface area contributed by atoms with Gasteiger partial charge in [0.25, 0.3) is 0 Å². The van der Waals surface area contributed by atoms with Gasteiger partial charge in [-0.1, -0.05) is 56.2 Å². The van der Waals surface area contributed by atoms with Gasteiger partial charge in [-0.05, 0) is 58.4 Å². The molecule has 2 bridgehead atoms. The summed E-state index contributed by atoms with van der Waals surface area (Å²) in [7, 11) is 0. The quantitative estimate of drug-likeness (QED) is 0.192. The lowest BCUT2D eigenvalue weighted by Gasteiger charge is -2.25. The molecule has 4 aliphatic rings. The minimum Gasteiger partial charge on any atom is -0.504 e. The number of aliphatic hydroxyl groups is 2. The number of phenolic OH excluding ortho intramolecular Hbond substituents is 1. The van der Waals surface area contributed by atoms with Crippen LogP contribution in [0.2, 0.25) is 0 Å². The first kappa shape index (κ1) is 31.9. The number of fused-ring (bicyclic) bond motifs is 4. The van der Waals surface area contributed by atoms with Gasteiger partial charge in [-0.15, -0.1) is 0 Å². The van der Waals surface area contributed by atoms with E-state index < -0.39 is 24.6 Å². The van der Waals surface area contributed by atoms with E-state index in [9.17, 15) is 20.1 Å². The second-order valence-electron chi connectivity index (χ2n) is 12.6. The standard InChI is InChI=1S/C37H42N4O5/c1-2-3-4-6-25(42)19-26(43)11-9-23-10-14-34(45)35(17-23)46-36-8-5-7-33(44)28-12-13-29-27(15-16-39-37(29)38)30(28)18-24-20-40-32-22-41(36)21-31(24)32/h10,12-14,16-17,20,22,25,33,36-37,42,44-45H,2-4,6,8-9,11,15,18-19,21,38H2,1H3/p+1. The minimum absolute atomic E-state index is 0.00495. The van der Waals surface area contributed by atoms with Crippen LogP contribution in [-0.4, -0.2) is 52.4 Å². The van der Waals surface area contributed by atoms with Crippen molar-refractivity contribution in [1.29, 1.82) is 0 Å². The highest BCUT2D eigenvalue weighted by atomic mass is 16.5. The van der Waals surface area contributed by atoms with Crippen molar-refractivity contribution in [1.82, 2.24) is 0 Å². The van der Waals surface area contributed by atoms with E-state index in [1.54, 1.807) is 18.2 Å². The van der Waals surface area contributed by atoms with Crippen LogP contribution < -0.4 is 15.4 Å². The number of rotatable bonds is 11. The minimum atomic E-state index is -0.992. The van der Waals surface area contributed by atoms with E-state index in [0.717, 1.165) is 68.8 Å². The average molecular weight is 624 g/mol. The summed E-state index contributed by atoms with van der Waals surface area (Å²) in [6, 6.07) is 9.02. The molecule has 4 heterocycles. The number of aliphatic imine (C=N–C) groups is 2. The molecule has 4 aliphatic heterocycles. The number of nitrogens with one attached hydrogen (secondary N) is 1. The summed E-state index contributed by atoms with van der Waals surface area (Å²) >= 11 is 0. The molecular weight excluding hydrogens is 580 g/mol. The van der Waals surface area contributed by atoms with Gasteiger partial charge < -0.3 is 25.8 Å². The predicted octanol–water partition coefficient (Wildman–Crippen LogP) is 3.32. The number of hydrogen-bond donors (Lipinski definition) is 5. The normalized spacial score (nSPS) is 23.4. The number of Topliss-reactive ketones (excluding diaryl/α,β-unsaturated/α-hetero) is 1. The third kappa shape index (κ3) is 7.01. The van der Waals surface area contributed by atoms with E-state index in [0.29, 0.717) is 50.8 Å². The van der Waals surface area contributed by atoms with Crippen molar-refractivity contribution in [2.45, 2.75) is 95.7 Å². The number of quaternary nitrogens is 1. The summed E-state index contributed by atoms with van der Waals surface area (Å²) in [6.45, 7) is 2.77. The number of nitrogens with zero attached hydrogens (tertiary/aromatic N) is 2. The molecule has 0 fully saturated rings. The van der Waals surface area contributed by atoms with Crippen LogP contribution in [0.25, 0.3) is 0 Å². The molecule has 240 valence electrons. The van der Waals surface area contributed by atoms with Crippen molar-refractivity contribution in [3.05, 3.63) is 81.2 Å². The van der Waals surface area contributed by atoms with Crippen LogP contribution in [0.1, 0.15) is 92.0 Å². The van der Waals surface area contributed by atoms with Gasteiger partial charge in [0.05, 0.1) is 6.10 Å². The number of hydrogen-bond acceptors (Lipinski definition) is 8. The number of ether oxygens (including phenoxy) is 1. The fourth-order valence-corrected chi connectivity index (χ4v) is 6.74. The van der Waals surface area contributed by atoms with Crippen molar-refractivity contribution >= 4 is 18.2 Å². The Bertz CT molecular complexity index is 1680. The number of aliphatic hydroxyl groups excluding tert-OH is 2. The van der Waals surface area contributed by atoms with Gasteiger partial charge >= 0.3 is 0 Å². The van der Waals surface area contributed by atoms with Crippen molar-refractivity contribution in [3.63, 3.8) is 0 Å². The van der Waals surface area contributed by atoms with Crippen LogP contribution in [0.3, 0.4) is 0 Å². The number of ketones is 1. The van der Waals surface area contributed by atoms with Crippen LogP contribution in [0.5, 0.6) is 11.5 Å². The zero-order valence-corrected chi connectivity index (χ0v) is 26.3. The highest BCUT2D eigenvalue weighted by Gasteiger charge is 2.36. The van der Waals surface area contributed by atoms with E-state index >= 15 is 0 Å². The highest BCUT2D eigenvalue weighted by Crippen LogP contribution is 2.35. The van der Waals surface area contributed by atoms with E-state index in [1.165, 1.54) is 0 Å². The molecule has 0 aliphatic carbocycles. The molecule has 2 aromatic rings. The molecule has 46 heavy (non-hydrogen) atoms. The third-order valence-electron chi connectivity index (χ3n) is 9.33. The Hall–Kier alpha value is -4.07. The molecular formula is C37H43N4O5+. The summed E-state index contributed by atoms with van der Waals surface area (Å²) in [5.41, 5.74) is 14.2. The number of unbranched alkanes of at least 4 members (excludes halogenated alkanes) is 2. The topological polar surface area (TPSA) is 142 Å². The number of carbonyl (C=O) groups excluding carboxylic acids is 1. The lowest BCUT2D eigenvalue weighted by molar-refractivity contribution is -0.885. The average Bonchev–Trinajstić information content (AvgIpc) is 3.62. The SMILES string of the molecule is CCCCCC(O)CC(=O)CCc1ccc(O)c(OC2CC#CC(O)c3ccc4c(c3CC3=C5C[NH+]2C=C5N=C3)CC=NC4N)c1. The molecule has 9 nitrogen and oxygen atoms in total. The summed E-state index contributed by atoms with van der Waals surface area (Å²) in [4.78, 5) is 22.6. The van der Waals surface area contributed by atoms with E-state index in [-0.39, 0.29) is 18.0 Å². The molecule has 0 saturated heterocycles. The van der Waals surface area contributed by atoms with Crippen LogP contribution in [-0.2, 0) is 24.1 Å². The second kappa shape index (κ2) is 14.1. The van der Waals surface area contributed by atoms with Gasteiger partial charge in [-0.25, -0.2) is 0 Å². The fourth-order valence-electron chi connectivity index (χ4n) is 6.74. The molecule has 5 atom stereocenters. The molecule has 6 rings (SSSR count). The third-order valence-corrected chi connectivity index (χ3v) is 9.33. The number of phenols is 1. The van der Waals surface area contributed by atoms with E-state index in [2.05, 4.69) is 30.0 Å². The number of nitrogens with two attached hydrogens (primary N) is 1. The fraction of sp³-hybridized carbons (Fsp3) is 0.432. The number of aryl methyl sites for hydroxylation is 1. The number of allylic oxidation sites excluding steroid dienone is 1. The van der Waals surface area contributed by atoms with Crippen LogP contribution in [0.4, 0.5) is 0 Å². The van der Waals surface area contributed by atoms with Crippen LogP contribution >= 0.6 is 0 Å². The Morgan fingerprint density at radius 1 is 1.20 bits per heavy atom. The molecule has 2 aromatic carbocycles. The lowest BCUT2D eigenvalue weighted by atomic mass is 9.85. The van der Waals surface area contributed by atoms with Crippen molar-refractivity contribution in [2.75, 3.05) is 6.54 Å². The Kier molecular flexibility index (Phi) is 9.81. The number of aromatic hydroxyl groups is 1. The summed E-state index contributed by atoms with van der Waals surface area (Å²) < 4.78 is 6.44. The summed E-state index contributed by atoms with van der Waals surface area (Å²) in [5, 5.41) is 32.2.